The third-order valence-electron chi connectivity index (χ3n) is 5.21. The molecule has 1 aromatic heterocycles. The lowest BCUT2D eigenvalue weighted by molar-refractivity contribution is -0.385. The van der Waals surface area contributed by atoms with Gasteiger partial charge in [0.25, 0.3) is 17.2 Å². The summed E-state index contributed by atoms with van der Waals surface area (Å²) in [5, 5.41) is 11.3. The van der Waals surface area contributed by atoms with Crippen LogP contribution in [0.25, 0.3) is 6.08 Å². The topological polar surface area (TPSA) is 144 Å². The third-order valence-corrected chi connectivity index (χ3v) is 5.21. The Morgan fingerprint density at radius 3 is 2.50 bits per heavy atom. The zero-order valence-electron chi connectivity index (χ0n) is 18.6. The molecule has 0 atom stereocenters. The van der Waals surface area contributed by atoms with Crippen LogP contribution in [0.1, 0.15) is 30.9 Å². The Balaban J connectivity index is 2.03. The fraction of sp³-hybridized carbons (Fsp3) is 0.208. The molecule has 0 fully saturated rings. The van der Waals surface area contributed by atoms with Gasteiger partial charge in [0.2, 0.25) is 0 Å². The molecule has 0 aliphatic carbocycles. The van der Waals surface area contributed by atoms with Crippen LogP contribution in [0.2, 0.25) is 0 Å². The summed E-state index contributed by atoms with van der Waals surface area (Å²) in [4.78, 5) is 52.5. The normalized spacial score (nSPS) is 11.0. The average Bonchev–Trinajstić information content (AvgIpc) is 2.83. The molecule has 3 aromatic rings. The number of nitrogens with one attached hydrogen (secondary N) is 1. The largest absolute Gasteiger partial charge is 0.383 e. The fourth-order valence-corrected chi connectivity index (χ4v) is 3.46. The van der Waals surface area contributed by atoms with Gasteiger partial charge in [-0.3, -0.25) is 29.3 Å². The summed E-state index contributed by atoms with van der Waals surface area (Å²) in [6.07, 6.45) is 3.79. The van der Waals surface area contributed by atoms with Gasteiger partial charge in [0.15, 0.2) is 5.69 Å². The molecule has 0 bridgehead atoms. The van der Waals surface area contributed by atoms with Crippen LogP contribution in [0.4, 0.5) is 17.2 Å². The number of carbonyl (C=O) groups is 1. The minimum Gasteiger partial charge on any atom is -0.383 e. The number of para-hydroxylation sites is 1. The van der Waals surface area contributed by atoms with E-state index in [-0.39, 0.29) is 35.8 Å². The van der Waals surface area contributed by atoms with Gasteiger partial charge < -0.3 is 10.6 Å². The highest BCUT2D eigenvalue weighted by atomic mass is 16.6. The first-order valence-electron chi connectivity index (χ1n) is 10.7. The summed E-state index contributed by atoms with van der Waals surface area (Å²) in [6, 6.07) is 15.1. The molecular formula is C24H25N5O5. The van der Waals surface area contributed by atoms with Crippen molar-refractivity contribution in [2.75, 3.05) is 17.2 Å². The zero-order valence-corrected chi connectivity index (χ0v) is 18.6. The molecule has 3 rings (SSSR count). The number of amides is 1. The minimum atomic E-state index is -0.782. The van der Waals surface area contributed by atoms with E-state index in [1.807, 2.05) is 37.3 Å². The first kappa shape index (κ1) is 24.2. The van der Waals surface area contributed by atoms with E-state index in [1.165, 1.54) is 33.7 Å². The molecule has 0 saturated carbocycles. The number of carbonyl (C=O) groups excluding carboxylic acids is 1. The number of anilines is 2. The van der Waals surface area contributed by atoms with Crippen LogP contribution < -0.4 is 21.9 Å². The molecule has 0 aliphatic rings. The van der Waals surface area contributed by atoms with E-state index in [1.54, 1.807) is 6.07 Å². The van der Waals surface area contributed by atoms with Gasteiger partial charge in [-0.1, -0.05) is 55.8 Å². The lowest BCUT2D eigenvalue weighted by Gasteiger charge is -2.23. The molecule has 0 unspecified atom stereocenters. The number of aromatic nitrogens is 2. The highest BCUT2D eigenvalue weighted by molar-refractivity contribution is 6.05. The van der Waals surface area contributed by atoms with Crippen molar-refractivity contribution >= 4 is 29.2 Å². The van der Waals surface area contributed by atoms with Crippen LogP contribution in [-0.2, 0) is 11.3 Å². The van der Waals surface area contributed by atoms with Crippen molar-refractivity contribution in [3.8, 4) is 0 Å². The molecule has 176 valence electrons. The predicted molar refractivity (Wildman–Crippen MR) is 131 cm³/mol. The molecule has 10 heteroatoms. The summed E-state index contributed by atoms with van der Waals surface area (Å²) in [5.74, 6) is -0.727. The van der Waals surface area contributed by atoms with E-state index < -0.39 is 22.1 Å². The minimum absolute atomic E-state index is 0.108. The Morgan fingerprint density at radius 2 is 1.82 bits per heavy atom. The van der Waals surface area contributed by atoms with Crippen molar-refractivity contribution in [2.24, 2.45) is 0 Å². The number of aromatic amines is 1. The Bertz CT molecular complexity index is 1330. The maximum atomic E-state index is 13.1. The van der Waals surface area contributed by atoms with Crippen molar-refractivity contribution < 1.29 is 9.72 Å². The third kappa shape index (κ3) is 5.47. The highest BCUT2D eigenvalue weighted by Gasteiger charge is 2.23. The molecule has 0 saturated heterocycles. The predicted octanol–water partition coefficient (Wildman–Crippen LogP) is 2.92. The number of hydrogen-bond donors (Lipinski definition) is 2. The van der Waals surface area contributed by atoms with E-state index in [0.717, 1.165) is 18.1 Å². The number of hydrogen-bond acceptors (Lipinski definition) is 6. The van der Waals surface area contributed by atoms with E-state index in [9.17, 15) is 24.5 Å². The number of unbranched alkanes of at least 4 members (excludes halogenated alkanes) is 1. The fourth-order valence-electron chi connectivity index (χ4n) is 3.46. The van der Waals surface area contributed by atoms with E-state index >= 15 is 0 Å². The number of nitrogen functional groups attached to an aromatic ring is 1. The second-order valence-electron chi connectivity index (χ2n) is 7.56. The molecule has 3 N–H and O–H groups in total. The van der Waals surface area contributed by atoms with Crippen molar-refractivity contribution in [1.29, 1.82) is 0 Å². The highest BCUT2D eigenvalue weighted by Crippen LogP contribution is 2.21. The Kier molecular flexibility index (Phi) is 7.75. The van der Waals surface area contributed by atoms with E-state index in [0.29, 0.717) is 6.42 Å². The summed E-state index contributed by atoms with van der Waals surface area (Å²) in [6.45, 7) is 2.21. The van der Waals surface area contributed by atoms with Gasteiger partial charge in [0.05, 0.1) is 17.0 Å². The summed E-state index contributed by atoms with van der Waals surface area (Å²) in [7, 11) is 0. The maximum absolute atomic E-state index is 13.1. The number of nitrogens with two attached hydrogens (primary N) is 1. The average molecular weight is 463 g/mol. The second-order valence-corrected chi connectivity index (χ2v) is 7.56. The van der Waals surface area contributed by atoms with Gasteiger partial charge in [-0.05, 0) is 24.1 Å². The van der Waals surface area contributed by atoms with Crippen LogP contribution in [0.5, 0.6) is 0 Å². The van der Waals surface area contributed by atoms with Crippen molar-refractivity contribution in [2.45, 2.75) is 26.3 Å². The van der Waals surface area contributed by atoms with Gasteiger partial charge in [0, 0.05) is 18.7 Å². The number of nitro benzene ring substituents is 1. The van der Waals surface area contributed by atoms with Crippen LogP contribution >= 0.6 is 0 Å². The lowest BCUT2D eigenvalue weighted by atomic mass is 10.1. The summed E-state index contributed by atoms with van der Waals surface area (Å²) >= 11 is 0. The molecule has 1 heterocycles. The summed E-state index contributed by atoms with van der Waals surface area (Å²) < 4.78 is 1.20. The summed E-state index contributed by atoms with van der Waals surface area (Å²) in [5.41, 5.74) is 5.52. The molecule has 2 aromatic carbocycles. The van der Waals surface area contributed by atoms with Crippen molar-refractivity contribution in [1.82, 2.24) is 9.55 Å². The number of nitrogens with zero attached hydrogens (tertiary/aromatic N) is 3. The van der Waals surface area contributed by atoms with Gasteiger partial charge in [-0.25, -0.2) is 4.79 Å². The number of nitro groups is 1. The maximum Gasteiger partial charge on any atom is 0.330 e. The number of H-pyrrole nitrogens is 1. The monoisotopic (exact) mass is 463 g/mol. The quantitative estimate of drug-likeness (QED) is 0.284. The Labute approximate surface area is 195 Å². The Hall–Kier alpha value is -4.47. The standard InChI is InChI=1S/C24H25N5O5/c1-2-3-15-27(20(30)14-13-18-11-7-8-12-19(18)29(33)34)21-22(25)28(24(32)26-23(21)31)16-17-9-5-4-6-10-17/h4-14H,2-3,15-16,25H2,1H3,(H,26,31,32)/b14-13+. The number of rotatable bonds is 9. The van der Waals surface area contributed by atoms with Crippen molar-refractivity contribution in [3.05, 3.63) is 103 Å². The molecule has 34 heavy (non-hydrogen) atoms. The van der Waals surface area contributed by atoms with Gasteiger partial charge in [0.1, 0.15) is 5.82 Å². The first-order valence-corrected chi connectivity index (χ1v) is 10.7. The van der Waals surface area contributed by atoms with Crippen LogP contribution in [0.15, 0.2) is 70.3 Å². The van der Waals surface area contributed by atoms with Gasteiger partial charge in [-0.2, -0.15) is 0 Å². The molecule has 1 amide bonds. The van der Waals surface area contributed by atoms with E-state index in [4.69, 9.17) is 5.73 Å². The molecule has 10 nitrogen and oxygen atoms in total. The Morgan fingerprint density at radius 1 is 1.15 bits per heavy atom. The smallest absolute Gasteiger partial charge is 0.330 e. The first-order chi connectivity index (χ1) is 16.3. The molecule has 0 spiro atoms. The van der Waals surface area contributed by atoms with Crippen molar-refractivity contribution in [3.63, 3.8) is 0 Å². The SMILES string of the molecule is CCCCN(C(=O)/C=C/c1ccccc1[N+](=O)[O-])c1c(N)n(Cc2ccccc2)c(=O)[nH]c1=O. The zero-order chi connectivity index (χ0) is 24.7. The van der Waals surface area contributed by atoms with Gasteiger partial charge in [-0.15, -0.1) is 0 Å². The van der Waals surface area contributed by atoms with Crippen LogP contribution in [-0.4, -0.2) is 26.9 Å². The van der Waals surface area contributed by atoms with Crippen LogP contribution in [0.3, 0.4) is 0 Å². The van der Waals surface area contributed by atoms with Gasteiger partial charge >= 0.3 is 5.69 Å². The van der Waals surface area contributed by atoms with E-state index in [2.05, 4.69) is 4.98 Å². The molecule has 0 radical (unpaired) electrons. The number of benzene rings is 2. The second kappa shape index (κ2) is 10.9. The molecular weight excluding hydrogens is 438 g/mol. The lowest BCUT2D eigenvalue weighted by Crippen LogP contribution is -2.41. The van der Waals surface area contributed by atoms with Crippen LogP contribution in [0, 0.1) is 10.1 Å². The molecule has 0 aliphatic heterocycles.